The zero-order valence-corrected chi connectivity index (χ0v) is 15.1. The smallest absolute Gasteiger partial charge is 0.00157 e. The van der Waals surface area contributed by atoms with Gasteiger partial charge in [-0.2, -0.15) is 0 Å². The molecular formula is C19H38N2. The molecule has 21 heavy (non-hydrogen) atoms. The van der Waals surface area contributed by atoms with Crippen molar-refractivity contribution in [1.29, 1.82) is 0 Å². The summed E-state index contributed by atoms with van der Waals surface area (Å²) in [6.45, 7) is 20.1. The maximum atomic E-state index is 2.77. The van der Waals surface area contributed by atoms with Gasteiger partial charge >= 0.3 is 0 Å². The Kier molecular flexibility index (Phi) is 6.55. The van der Waals surface area contributed by atoms with Crippen molar-refractivity contribution < 1.29 is 0 Å². The van der Waals surface area contributed by atoms with Crippen molar-refractivity contribution in [3.05, 3.63) is 0 Å². The molecule has 0 amide bonds. The van der Waals surface area contributed by atoms with E-state index >= 15 is 0 Å². The molecule has 124 valence electrons. The Morgan fingerprint density at radius 3 is 2.00 bits per heavy atom. The average molecular weight is 295 g/mol. The van der Waals surface area contributed by atoms with E-state index in [1.165, 1.54) is 58.5 Å². The van der Waals surface area contributed by atoms with Crippen LogP contribution in [0.4, 0.5) is 0 Å². The molecule has 0 saturated carbocycles. The van der Waals surface area contributed by atoms with Crippen LogP contribution in [0.25, 0.3) is 0 Å². The second kappa shape index (κ2) is 7.97. The van der Waals surface area contributed by atoms with Crippen LogP contribution in [0.2, 0.25) is 0 Å². The van der Waals surface area contributed by atoms with Gasteiger partial charge in [-0.05, 0) is 68.5 Å². The van der Waals surface area contributed by atoms with E-state index in [1.807, 2.05) is 0 Å². The Morgan fingerprint density at radius 1 is 0.952 bits per heavy atom. The molecule has 2 atom stereocenters. The van der Waals surface area contributed by atoms with E-state index in [-0.39, 0.29) is 0 Å². The first-order chi connectivity index (χ1) is 10.0. The van der Waals surface area contributed by atoms with E-state index in [4.69, 9.17) is 0 Å². The molecule has 2 heterocycles. The third kappa shape index (κ3) is 4.69. The van der Waals surface area contributed by atoms with Gasteiger partial charge in [-0.25, -0.2) is 0 Å². The van der Waals surface area contributed by atoms with Crippen LogP contribution in [0.5, 0.6) is 0 Å². The van der Waals surface area contributed by atoms with Crippen LogP contribution >= 0.6 is 0 Å². The molecule has 0 radical (unpaired) electrons. The summed E-state index contributed by atoms with van der Waals surface area (Å²) in [4.78, 5) is 5.46. The van der Waals surface area contributed by atoms with Crippen LogP contribution in [-0.4, -0.2) is 49.1 Å². The lowest BCUT2D eigenvalue weighted by atomic mass is 9.78. The number of piperidine rings is 2. The molecule has 2 fully saturated rings. The zero-order chi connectivity index (χ0) is 15.4. The van der Waals surface area contributed by atoms with Crippen molar-refractivity contribution in [3.8, 4) is 0 Å². The van der Waals surface area contributed by atoms with Gasteiger partial charge in [0.1, 0.15) is 0 Å². The lowest BCUT2D eigenvalue weighted by Crippen LogP contribution is -2.49. The standard InChI is InChI=1S/C19H38N2/c1-6-9-21-12-16(4)19(17(5)13-21)14-20-10-7-18(8-11-20)15(2)3/h15-19H,6-14H2,1-5H3. The first-order valence-electron chi connectivity index (χ1n) is 9.46. The second-order valence-corrected chi connectivity index (χ2v) is 8.26. The molecule has 2 aliphatic heterocycles. The maximum Gasteiger partial charge on any atom is 0.00157 e. The third-order valence-corrected chi connectivity index (χ3v) is 6.14. The summed E-state index contributed by atoms with van der Waals surface area (Å²) in [5, 5.41) is 0. The van der Waals surface area contributed by atoms with E-state index < -0.39 is 0 Å². The van der Waals surface area contributed by atoms with Gasteiger partial charge in [-0.15, -0.1) is 0 Å². The fourth-order valence-corrected chi connectivity index (χ4v) is 4.68. The minimum absolute atomic E-state index is 0.864. The molecule has 2 heteroatoms. The third-order valence-electron chi connectivity index (χ3n) is 6.14. The molecule has 0 bridgehead atoms. The van der Waals surface area contributed by atoms with Gasteiger partial charge in [-0.1, -0.05) is 34.6 Å². The van der Waals surface area contributed by atoms with Gasteiger partial charge < -0.3 is 9.80 Å². The number of hydrogen-bond acceptors (Lipinski definition) is 2. The number of nitrogens with zero attached hydrogens (tertiary/aromatic N) is 2. The predicted molar refractivity (Wildman–Crippen MR) is 92.6 cm³/mol. The molecule has 0 aliphatic carbocycles. The van der Waals surface area contributed by atoms with E-state index in [0.717, 1.165) is 29.6 Å². The minimum Gasteiger partial charge on any atom is -0.303 e. The largest absolute Gasteiger partial charge is 0.303 e. The Bertz CT molecular complexity index is 282. The van der Waals surface area contributed by atoms with Crippen molar-refractivity contribution >= 4 is 0 Å². The summed E-state index contributed by atoms with van der Waals surface area (Å²) in [5.41, 5.74) is 0. The summed E-state index contributed by atoms with van der Waals surface area (Å²) in [6, 6.07) is 0. The van der Waals surface area contributed by atoms with Gasteiger partial charge in [-0.3, -0.25) is 0 Å². The molecule has 2 saturated heterocycles. The Hall–Kier alpha value is -0.0800. The highest BCUT2D eigenvalue weighted by Gasteiger charge is 2.33. The fraction of sp³-hybridized carbons (Fsp3) is 1.00. The molecule has 2 aliphatic rings. The summed E-state index contributed by atoms with van der Waals surface area (Å²) >= 11 is 0. The lowest BCUT2D eigenvalue weighted by molar-refractivity contribution is 0.0400. The number of rotatable bonds is 5. The van der Waals surface area contributed by atoms with Crippen LogP contribution in [0.15, 0.2) is 0 Å². The summed E-state index contributed by atoms with van der Waals surface area (Å²) < 4.78 is 0. The molecular weight excluding hydrogens is 256 g/mol. The Labute approximate surface area is 133 Å². The molecule has 0 aromatic heterocycles. The van der Waals surface area contributed by atoms with Gasteiger partial charge in [0.25, 0.3) is 0 Å². The zero-order valence-electron chi connectivity index (χ0n) is 15.1. The average Bonchev–Trinajstić information content (AvgIpc) is 2.44. The van der Waals surface area contributed by atoms with Gasteiger partial charge in [0.2, 0.25) is 0 Å². The Balaban J connectivity index is 1.80. The number of hydrogen-bond donors (Lipinski definition) is 0. The molecule has 2 nitrogen and oxygen atoms in total. The van der Waals surface area contributed by atoms with Crippen molar-refractivity contribution in [1.82, 2.24) is 9.80 Å². The summed E-state index contributed by atoms with van der Waals surface area (Å²) in [5.74, 6) is 4.49. The number of likely N-dealkylation sites (tertiary alicyclic amines) is 2. The van der Waals surface area contributed by atoms with E-state index in [2.05, 4.69) is 44.4 Å². The normalized spacial score (nSPS) is 33.7. The summed E-state index contributed by atoms with van der Waals surface area (Å²) in [7, 11) is 0. The van der Waals surface area contributed by atoms with Crippen LogP contribution in [0.3, 0.4) is 0 Å². The van der Waals surface area contributed by atoms with E-state index in [0.29, 0.717) is 0 Å². The van der Waals surface area contributed by atoms with Crippen LogP contribution in [0, 0.1) is 29.6 Å². The fourth-order valence-electron chi connectivity index (χ4n) is 4.68. The van der Waals surface area contributed by atoms with Crippen molar-refractivity contribution in [3.63, 3.8) is 0 Å². The van der Waals surface area contributed by atoms with Crippen LogP contribution in [0.1, 0.15) is 53.9 Å². The SMILES string of the molecule is CCCN1CC(C)C(CN2CCC(C(C)C)CC2)C(C)C1. The van der Waals surface area contributed by atoms with Crippen LogP contribution < -0.4 is 0 Å². The highest BCUT2D eigenvalue weighted by molar-refractivity contribution is 4.86. The Morgan fingerprint density at radius 2 is 1.52 bits per heavy atom. The van der Waals surface area contributed by atoms with E-state index in [1.54, 1.807) is 0 Å². The molecule has 2 rings (SSSR count). The topological polar surface area (TPSA) is 6.48 Å². The quantitative estimate of drug-likeness (QED) is 0.757. The molecule has 0 spiro atoms. The lowest BCUT2D eigenvalue weighted by Gasteiger charge is -2.44. The monoisotopic (exact) mass is 294 g/mol. The van der Waals surface area contributed by atoms with E-state index in [9.17, 15) is 0 Å². The van der Waals surface area contributed by atoms with Crippen molar-refractivity contribution in [2.45, 2.75) is 53.9 Å². The minimum atomic E-state index is 0.864. The molecule has 0 aromatic rings. The highest BCUT2D eigenvalue weighted by Crippen LogP contribution is 2.31. The maximum absolute atomic E-state index is 2.77. The molecule has 0 N–H and O–H groups in total. The van der Waals surface area contributed by atoms with Gasteiger partial charge in [0.05, 0.1) is 0 Å². The van der Waals surface area contributed by atoms with Gasteiger partial charge in [0.15, 0.2) is 0 Å². The van der Waals surface area contributed by atoms with Gasteiger partial charge in [0, 0.05) is 19.6 Å². The highest BCUT2D eigenvalue weighted by atomic mass is 15.2. The van der Waals surface area contributed by atoms with Crippen molar-refractivity contribution in [2.24, 2.45) is 29.6 Å². The molecule has 0 aromatic carbocycles. The predicted octanol–water partition coefficient (Wildman–Crippen LogP) is 3.97. The second-order valence-electron chi connectivity index (χ2n) is 8.26. The summed E-state index contributed by atoms with van der Waals surface area (Å²) in [6.07, 6.45) is 4.15. The first-order valence-corrected chi connectivity index (χ1v) is 9.46. The van der Waals surface area contributed by atoms with Crippen molar-refractivity contribution in [2.75, 3.05) is 39.3 Å². The first kappa shape index (κ1) is 17.3. The van der Waals surface area contributed by atoms with Crippen LogP contribution in [-0.2, 0) is 0 Å². The molecule has 2 unspecified atom stereocenters.